The second-order valence-corrected chi connectivity index (χ2v) is 9.03. The fourth-order valence-electron chi connectivity index (χ4n) is 3.84. The second kappa shape index (κ2) is 6.51. The van der Waals surface area contributed by atoms with Gasteiger partial charge in [-0.3, -0.25) is 9.69 Å². The first-order valence-corrected chi connectivity index (χ1v) is 10.3. The van der Waals surface area contributed by atoms with E-state index in [4.69, 9.17) is 4.42 Å². The number of fused-ring (bicyclic) bond motifs is 1. The molecule has 2 aromatic heterocycles. The number of carbonyl (C=O) groups is 1. The van der Waals surface area contributed by atoms with Crippen molar-refractivity contribution >= 4 is 15.7 Å². The molecule has 4 rings (SSSR count). The van der Waals surface area contributed by atoms with Crippen molar-refractivity contribution in [3.63, 3.8) is 0 Å². The number of hydrogen-bond donors (Lipinski definition) is 0. The lowest BCUT2D eigenvalue weighted by Gasteiger charge is -2.43. The van der Waals surface area contributed by atoms with Gasteiger partial charge in [-0.25, -0.2) is 18.1 Å². The number of amides is 1. The van der Waals surface area contributed by atoms with E-state index in [1.165, 1.54) is 17.3 Å². The molecule has 0 saturated carbocycles. The lowest BCUT2D eigenvalue weighted by atomic mass is 10.0. The Bertz CT molecular complexity index is 892. The summed E-state index contributed by atoms with van der Waals surface area (Å²) in [4.78, 5) is 20.3. The molecule has 2 atom stereocenters. The highest BCUT2D eigenvalue weighted by Gasteiger charge is 2.48. The Morgan fingerprint density at radius 1 is 1.27 bits per heavy atom. The van der Waals surface area contributed by atoms with Crippen LogP contribution in [0.3, 0.4) is 0 Å². The van der Waals surface area contributed by atoms with Crippen molar-refractivity contribution in [1.82, 2.24) is 24.6 Å². The number of rotatable bonds is 4. The molecule has 0 spiro atoms. The van der Waals surface area contributed by atoms with Crippen molar-refractivity contribution in [1.29, 1.82) is 0 Å². The van der Waals surface area contributed by atoms with Crippen molar-refractivity contribution in [3.8, 4) is 0 Å². The van der Waals surface area contributed by atoms with E-state index in [0.717, 1.165) is 11.5 Å². The second-order valence-electron chi connectivity index (χ2n) is 6.87. The molecule has 2 aliphatic rings. The number of aryl methyl sites for hydroxylation is 1. The number of aromatic nitrogens is 3. The molecule has 0 aromatic carbocycles. The van der Waals surface area contributed by atoms with Crippen LogP contribution in [0.5, 0.6) is 0 Å². The van der Waals surface area contributed by atoms with E-state index >= 15 is 0 Å². The van der Waals surface area contributed by atoms with E-state index in [1.807, 2.05) is 19.1 Å². The van der Waals surface area contributed by atoms with Gasteiger partial charge in [0.1, 0.15) is 30.7 Å². The minimum atomic E-state index is -3.18. The smallest absolute Gasteiger partial charge is 0.244 e. The first kappa shape index (κ1) is 17.2. The summed E-state index contributed by atoms with van der Waals surface area (Å²) >= 11 is 0. The molecule has 0 aliphatic carbocycles. The SMILES string of the molecule is Cc1ccc(CN2CCN(C(=O)Cn3cncn3)[C@@H]3CS(=O)(=O)C[C@@H]32)o1. The van der Waals surface area contributed by atoms with Crippen LogP contribution in [-0.2, 0) is 27.7 Å². The predicted molar refractivity (Wildman–Crippen MR) is 91.8 cm³/mol. The highest BCUT2D eigenvalue weighted by atomic mass is 32.2. The lowest BCUT2D eigenvalue weighted by molar-refractivity contribution is -0.138. The Kier molecular flexibility index (Phi) is 4.31. The van der Waals surface area contributed by atoms with E-state index in [9.17, 15) is 13.2 Å². The average Bonchev–Trinajstić information content (AvgIpc) is 3.28. The Morgan fingerprint density at radius 2 is 2.08 bits per heavy atom. The largest absolute Gasteiger partial charge is 0.465 e. The van der Waals surface area contributed by atoms with Gasteiger partial charge in [-0.2, -0.15) is 5.10 Å². The van der Waals surface area contributed by atoms with E-state index in [2.05, 4.69) is 15.0 Å². The maximum atomic E-state index is 12.7. The molecule has 0 bridgehead atoms. The van der Waals surface area contributed by atoms with Crippen molar-refractivity contribution < 1.29 is 17.6 Å². The van der Waals surface area contributed by atoms with Gasteiger partial charge in [0.15, 0.2) is 9.84 Å². The van der Waals surface area contributed by atoms with Gasteiger partial charge < -0.3 is 9.32 Å². The standard InChI is InChI=1S/C16H21N5O4S/c1-12-2-3-13(25-12)6-19-4-5-21(15-9-26(23,24)8-14(15)19)16(22)7-20-11-17-10-18-20/h2-3,10-11,14-15H,4-9H2,1H3/t14-,15+/m0/s1. The first-order valence-electron chi connectivity index (χ1n) is 8.53. The van der Waals surface area contributed by atoms with Crippen LogP contribution < -0.4 is 0 Å². The van der Waals surface area contributed by atoms with E-state index in [1.54, 1.807) is 4.90 Å². The minimum Gasteiger partial charge on any atom is -0.465 e. The maximum absolute atomic E-state index is 12.7. The van der Waals surface area contributed by atoms with E-state index in [-0.39, 0.29) is 36.0 Å². The van der Waals surface area contributed by atoms with Crippen LogP contribution >= 0.6 is 0 Å². The summed E-state index contributed by atoms with van der Waals surface area (Å²) in [7, 11) is -3.18. The third kappa shape index (κ3) is 3.38. The third-order valence-corrected chi connectivity index (χ3v) is 6.73. The maximum Gasteiger partial charge on any atom is 0.244 e. The summed E-state index contributed by atoms with van der Waals surface area (Å²) in [6, 6.07) is 3.27. The number of hydrogen-bond acceptors (Lipinski definition) is 7. The number of carbonyl (C=O) groups excluding carboxylic acids is 1. The van der Waals surface area contributed by atoms with Gasteiger partial charge in [-0.05, 0) is 19.1 Å². The molecule has 10 heteroatoms. The molecule has 0 unspecified atom stereocenters. The van der Waals surface area contributed by atoms with Gasteiger partial charge in [0.2, 0.25) is 5.91 Å². The summed E-state index contributed by atoms with van der Waals surface area (Å²) in [5.74, 6) is 1.60. The molecular weight excluding hydrogens is 358 g/mol. The molecule has 2 aromatic rings. The zero-order valence-electron chi connectivity index (χ0n) is 14.5. The molecule has 140 valence electrons. The third-order valence-electron chi connectivity index (χ3n) is 5.03. The van der Waals surface area contributed by atoms with Crippen molar-refractivity contribution in [2.45, 2.75) is 32.1 Å². The van der Waals surface area contributed by atoms with Crippen LogP contribution in [0.4, 0.5) is 0 Å². The Morgan fingerprint density at radius 3 is 2.77 bits per heavy atom. The van der Waals surface area contributed by atoms with Crippen molar-refractivity contribution in [2.24, 2.45) is 0 Å². The van der Waals surface area contributed by atoms with Gasteiger partial charge >= 0.3 is 0 Å². The number of furan rings is 1. The number of sulfone groups is 1. The van der Waals surface area contributed by atoms with Crippen LogP contribution in [0.1, 0.15) is 11.5 Å². The normalized spacial score (nSPS) is 25.3. The summed E-state index contributed by atoms with van der Waals surface area (Å²) in [6.45, 7) is 3.60. The summed E-state index contributed by atoms with van der Waals surface area (Å²) in [5, 5.41) is 3.96. The fraction of sp³-hybridized carbons (Fsp3) is 0.562. The molecule has 2 aliphatic heterocycles. The highest BCUT2D eigenvalue weighted by Crippen LogP contribution is 2.28. The summed E-state index contributed by atoms with van der Waals surface area (Å²) < 4.78 is 31.6. The van der Waals surface area contributed by atoms with Crippen LogP contribution in [0.25, 0.3) is 0 Å². The number of piperazine rings is 1. The summed E-state index contributed by atoms with van der Waals surface area (Å²) in [6.07, 6.45) is 2.86. The molecule has 9 nitrogen and oxygen atoms in total. The van der Waals surface area contributed by atoms with E-state index in [0.29, 0.717) is 19.6 Å². The fourth-order valence-corrected chi connectivity index (χ4v) is 5.86. The molecule has 4 heterocycles. The molecule has 0 N–H and O–H groups in total. The first-order chi connectivity index (χ1) is 12.4. The van der Waals surface area contributed by atoms with Gasteiger partial charge in [-0.1, -0.05) is 0 Å². The quantitative estimate of drug-likeness (QED) is 0.718. The molecule has 2 saturated heterocycles. The average molecular weight is 379 g/mol. The van der Waals surface area contributed by atoms with Crippen LogP contribution in [-0.4, -0.2) is 75.6 Å². The minimum absolute atomic E-state index is 0.00838. The van der Waals surface area contributed by atoms with Crippen molar-refractivity contribution in [2.75, 3.05) is 24.6 Å². The predicted octanol–water partition coefficient (Wildman–Crippen LogP) is -0.310. The topological polar surface area (TPSA) is 102 Å². The van der Waals surface area contributed by atoms with E-state index < -0.39 is 9.84 Å². The molecule has 1 amide bonds. The van der Waals surface area contributed by atoms with Gasteiger partial charge in [0.25, 0.3) is 0 Å². The Balaban J connectivity index is 1.52. The van der Waals surface area contributed by atoms with Crippen molar-refractivity contribution in [3.05, 3.63) is 36.3 Å². The zero-order chi connectivity index (χ0) is 18.3. The molecular formula is C16H21N5O4S. The molecule has 2 fully saturated rings. The van der Waals surface area contributed by atoms with Gasteiger partial charge in [-0.15, -0.1) is 0 Å². The lowest BCUT2D eigenvalue weighted by Crippen LogP contribution is -2.60. The van der Waals surface area contributed by atoms with Crippen LogP contribution in [0.2, 0.25) is 0 Å². The number of nitrogens with zero attached hydrogens (tertiary/aromatic N) is 5. The van der Waals surface area contributed by atoms with Crippen LogP contribution in [0, 0.1) is 6.92 Å². The van der Waals surface area contributed by atoms with Crippen LogP contribution in [0.15, 0.2) is 29.2 Å². The Labute approximate surface area is 151 Å². The zero-order valence-corrected chi connectivity index (χ0v) is 15.3. The Hall–Kier alpha value is -2.20. The summed E-state index contributed by atoms with van der Waals surface area (Å²) in [5.41, 5.74) is 0. The molecule has 0 radical (unpaired) electrons. The van der Waals surface area contributed by atoms with Gasteiger partial charge in [0.05, 0.1) is 24.1 Å². The van der Waals surface area contributed by atoms with Gasteiger partial charge in [0, 0.05) is 19.1 Å². The molecule has 26 heavy (non-hydrogen) atoms. The highest BCUT2D eigenvalue weighted by molar-refractivity contribution is 7.91. The monoisotopic (exact) mass is 379 g/mol.